The maximum absolute atomic E-state index is 13.9. The molecule has 38 heavy (non-hydrogen) atoms. The second-order valence-electron chi connectivity index (χ2n) is 10.1. The van der Waals surface area contributed by atoms with Crippen LogP contribution in [0, 0.1) is 0 Å². The Hall–Kier alpha value is -3.70. The van der Waals surface area contributed by atoms with Crippen molar-refractivity contribution in [3.05, 3.63) is 53.4 Å². The predicted molar refractivity (Wildman–Crippen MR) is 128 cm³/mol. The number of hydrogen-bond donors (Lipinski definition) is 1. The van der Waals surface area contributed by atoms with Crippen LogP contribution in [0.25, 0.3) is 22.2 Å². The van der Waals surface area contributed by atoms with Crippen molar-refractivity contribution in [2.24, 2.45) is 0 Å². The second kappa shape index (κ2) is 9.88. The summed E-state index contributed by atoms with van der Waals surface area (Å²) in [7, 11) is 0. The second-order valence-corrected chi connectivity index (χ2v) is 10.1. The number of furan rings is 1. The van der Waals surface area contributed by atoms with E-state index in [1.165, 1.54) is 29.2 Å². The molecule has 7 nitrogen and oxygen atoms in total. The SMILES string of the molecule is CC(C)(C)OC(=O)NCc1cc2cc(-c3ccc(C(=O)N4CCC(F)(F)CC4)cn3)c(C(F)(F)F)cc2o1. The van der Waals surface area contributed by atoms with Crippen LogP contribution in [0.1, 0.15) is 55.3 Å². The molecule has 0 saturated carbocycles. The highest BCUT2D eigenvalue weighted by Crippen LogP contribution is 2.40. The van der Waals surface area contributed by atoms with Crippen molar-refractivity contribution in [1.29, 1.82) is 0 Å². The molecule has 0 atom stereocenters. The van der Waals surface area contributed by atoms with Crippen LogP contribution < -0.4 is 5.32 Å². The van der Waals surface area contributed by atoms with Gasteiger partial charge in [-0.05, 0) is 51.1 Å². The van der Waals surface area contributed by atoms with Gasteiger partial charge in [0.25, 0.3) is 11.8 Å². The van der Waals surface area contributed by atoms with E-state index >= 15 is 0 Å². The minimum atomic E-state index is -4.74. The van der Waals surface area contributed by atoms with Gasteiger partial charge in [0.05, 0.1) is 23.4 Å². The molecule has 0 spiro atoms. The normalized spacial score (nSPS) is 15.9. The van der Waals surface area contributed by atoms with E-state index in [-0.39, 0.29) is 47.8 Å². The summed E-state index contributed by atoms with van der Waals surface area (Å²) < 4.78 is 79.2. The highest BCUT2D eigenvalue weighted by atomic mass is 19.4. The Balaban J connectivity index is 1.58. The van der Waals surface area contributed by atoms with Crippen molar-refractivity contribution < 1.29 is 40.7 Å². The van der Waals surface area contributed by atoms with Crippen molar-refractivity contribution >= 4 is 23.0 Å². The molecule has 2 aromatic heterocycles. The number of carbonyl (C=O) groups excluding carboxylic acids is 2. The number of aromatic nitrogens is 1. The van der Waals surface area contributed by atoms with Crippen molar-refractivity contribution in [2.45, 2.75) is 57.9 Å². The lowest BCUT2D eigenvalue weighted by Crippen LogP contribution is -2.42. The fourth-order valence-electron chi connectivity index (χ4n) is 4.05. The predicted octanol–water partition coefficient (Wildman–Crippen LogP) is 6.41. The molecule has 12 heteroatoms. The van der Waals surface area contributed by atoms with Crippen LogP contribution in [0.3, 0.4) is 0 Å². The van der Waals surface area contributed by atoms with E-state index in [1.54, 1.807) is 20.8 Å². The zero-order valence-electron chi connectivity index (χ0n) is 20.9. The largest absolute Gasteiger partial charge is 0.459 e. The third kappa shape index (κ3) is 6.40. The zero-order chi connectivity index (χ0) is 27.9. The van der Waals surface area contributed by atoms with Crippen LogP contribution in [0.2, 0.25) is 0 Å². The third-order valence-corrected chi connectivity index (χ3v) is 5.89. The molecular weight excluding hydrogens is 513 g/mol. The summed E-state index contributed by atoms with van der Waals surface area (Å²) in [6.07, 6.45) is -5.19. The van der Waals surface area contributed by atoms with E-state index in [0.717, 1.165) is 12.3 Å². The molecule has 0 radical (unpaired) electrons. The van der Waals surface area contributed by atoms with E-state index in [0.29, 0.717) is 5.39 Å². The Morgan fingerprint density at radius 1 is 1.11 bits per heavy atom. The third-order valence-electron chi connectivity index (χ3n) is 5.89. The van der Waals surface area contributed by atoms with Crippen LogP contribution in [0.4, 0.5) is 26.7 Å². The number of pyridine rings is 1. The number of benzene rings is 1. The van der Waals surface area contributed by atoms with Gasteiger partial charge < -0.3 is 19.4 Å². The van der Waals surface area contributed by atoms with Crippen LogP contribution in [-0.2, 0) is 17.5 Å². The topological polar surface area (TPSA) is 84.7 Å². The molecule has 1 saturated heterocycles. The molecule has 3 heterocycles. The summed E-state index contributed by atoms with van der Waals surface area (Å²) in [4.78, 5) is 29.9. The number of alkyl halides is 5. The van der Waals surface area contributed by atoms with Gasteiger partial charge in [0.15, 0.2) is 0 Å². The lowest BCUT2D eigenvalue weighted by molar-refractivity contribution is -0.137. The Morgan fingerprint density at radius 3 is 2.37 bits per heavy atom. The number of alkyl carbamates (subject to hydrolysis) is 1. The molecule has 0 bridgehead atoms. The molecule has 2 amide bonds. The fraction of sp³-hybridized carbons (Fsp3) is 0.423. The fourth-order valence-corrected chi connectivity index (χ4v) is 4.05. The van der Waals surface area contributed by atoms with Crippen LogP contribution >= 0.6 is 0 Å². The summed E-state index contributed by atoms with van der Waals surface area (Å²) in [5.74, 6) is -3.11. The summed E-state index contributed by atoms with van der Waals surface area (Å²) in [6, 6.07) is 6.24. The molecule has 1 N–H and O–H groups in total. The smallest absolute Gasteiger partial charge is 0.417 e. The summed E-state index contributed by atoms with van der Waals surface area (Å²) in [5, 5.41) is 2.84. The standard InChI is InChI=1S/C26H26F5N3O4/c1-24(2,3)38-23(36)33-14-17-10-16-11-18(19(26(29,30)31)12-21(16)37-17)20-5-4-15(13-32-20)22(35)34-8-6-25(27,28)7-9-34/h4-5,10-13H,6-9,14H2,1-3H3,(H,33,36). The first-order valence-corrected chi connectivity index (χ1v) is 11.9. The molecular formula is C26H26F5N3O4. The van der Waals surface area contributed by atoms with Gasteiger partial charge in [-0.2, -0.15) is 13.2 Å². The number of ether oxygens (including phenoxy) is 1. The number of nitrogens with zero attached hydrogens (tertiary/aromatic N) is 2. The van der Waals surface area contributed by atoms with Crippen molar-refractivity contribution in [3.63, 3.8) is 0 Å². The maximum Gasteiger partial charge on any atom is 0.417 e. The molecule has 1 aromatic carbocycles. The molecule has 1 fully saturated rings. The Morgan fingerprint density at radius 2 is 1.79 bits per heavy atom. The van der Waals surface area contributed by atoms with Gasteiger partial charge in [-0.3, -0.25) is 9.78 Å². The van der Waals surface area contributed by atoms with Gasteiger partial charge in [-0.15, -0.1) is 0 Å². The minimum Gasteiger partial charge on any atom is -0.459 e. The molecule has 204 valence electrons. The van der Waals surface area contributed by atoms with Crippen molar-refractivity contribution in [2.75, 3.05) is 13.1 Å². The van der Waals surface area contributed by atoms with E-state index in [4.69, 9.17) is 9.15 Å². The molecule has 0 unspecified atom stereocenters. The molecule has 3 aromatic rings. The molecule has 1 aliphatic rings. The highest BCUT2D eigenvalue weighted by molar-refractivity contribution is 5.94. The maximum atomic E-state index is 13.9. The van der Waals surface area contributed by atoms with E-state index < -0.39 is 48.1 Å². The summed E-state index contributed by atoms with van der Waals surface area (Å²) >= 11 is 0. The molecule has 1 aliphatic heterocycles. The number of rotatable bonds is 4. The highest BCUT2D eigenvalue weighted by Gasteiger charge is 2.37. The number of carbonyl (C=O) groups is 2. The Bertz CT molecular complexity index is 1330. The number of halogens is 5. The van der Waals surface area contributed by atoms with Crippen LogP contribution in [0.5, 0.6) is 0 Å². The zero-order valence-corrected chi connectivity index (χ0v) is 20.9. The summed E-state index contributed by atoms with van der Waals surface area (Å²) in [6.45, 7) is 4.75. The molecule has 4 rings (SSSR count). The lowest BCUT2D eigenvalue weighted by Gasteiger charge is -2.31. The van der Waals surface area contributed by atoms with E-state index in [1.807, 2.05) is 0 Å². The lowest BCUT2D eigenvalue weighted by atomic mass is 10.0. The Labute approximate surface area is 214 Å². The molecule has 0 aliphatic carbocycles. The minimum absolute atomic E-state index is 0.0317. The number of likely N-dealkylation sites (tertiary alicyclic amines) is 1. The van der Waals surface area contributed by atoms with Gasteiger partial charge in [-0.25, -0.2) is 13.6 Å². The van der Waals surface area contributed by atoms with Crippen LogP contribution in [-0.4, -0.2) is 46.5 Å². The number of fused-ring (bicyclic) bond motifs is 1. The Kier molecular flexibility index (Phi) is 7.11. The average Bonchev–Trinajstić information content (AvgIpc) is 3.22. The van der Waals surface area contributed by atoms with Gasteiger partial charge >= 0.3 is 12.3 Å². The number of piperidine rings is 1. The van der Waals surface area contributed by atoms with Crippen LogP contribution in [0.15, 0.2) is 40.9 Å². The average molecular weight is 540 g/mol. The first-order chi connectivity index (χ1) is 17.6. The first kappa shape index (κ1) is 27.3. The van der Waals surface area contributed by atoms with Gasteiger partial charge in [0.1, 0.15) is 16.9 Å². The summed E-state index contributed by atoms with van der Waals surface area (Å²) in [5.41, 5.74) is -1.91. The quantitative estimate of drug-likeness (QED) is 0.388. The van der Waals surface area contributed by atoms with Gasteiger partial charge in [0, 0.05) is 43.1 Å². The number of nitrogens with one attached hydrogen (secondary N) is 1. The number of amides is 2. The van der Waals surface area contributed by atoms with E-state index in [9.17, 15) is 31.5 Å². The first-order valence-electron chi connectivity index (χ1n) is 11.9. The van der Waals surface area contributed by atoms with E-state index in [2.05, 4.69) is 10.3 Å². The van der Waals surface area contributed by atoms with Gasteiger partial charge in [-0.1, -0.05) is 0 Å². The van der Waals surface area contributed by atoms with Gasteiger partial charge in [0.2, 0.25) is 0 Å². The van der Waals surface area contributed by atoms with Crippen molar-refractivity contribution in [3.8, 4) is 11.3 Å². The number of hydrogen-bond acceptors (Lipinski definition) is 5. The monoisotopic (exact) mass is 539 g/mol. The van der Waals surface area contributed by atoms with Crippen molar-refractivity contribution in [1.82, 2.24) is 15.2 Å².